The van der Waals surface area contributed by atoms with Gasteiger partial charge in [0.1, 0.15) is 0 Å². The summed E-state index contributed by atoms with van der Waals surface area (Å²) in [4.78, 5) is 12.5. The van der Waals surface area contributed by atoms with Crippen molar-refractivity contribution in [2.24, 2.45) is 17.3 Å². The number of fused-ring (bicyclic) bond motifs is 2. The van der Waals surface area contributed by atoms with Gasteiger partial charge in [-0.05, 0) is 43.9 Å². The van der Waals surface area contributed by atoms with Gasteiger partial charge < -0.3 is 9.84 Å². The highest BCUT2D eigenvalue weighted by Gasteiger charge is 2.65. The lowest BCUT2D eigenvalue weighted by molar-refractivity contribution is -0.183. The summed E-state index contributed by atoms with van der Waals surface area (Å²) in [5.41, 5.74) is -1.04. The number of carbonyl (C=O) groups is 1. The number of rotatable bonds is 7. The third kappa shape index (κ3) is 4.40. The fourth-order valence-corrected chi connectivity index (χ4v) is 4.89. The van der Waals surface area contributed by atoms with Gasteiger partial charge in [-0.25, -0.2) is 0 Å². The first-order valence-corrected chi connectivity index (χ1v) is 10.3. The molecule has 6 nitrogen and oxygen atoms in total. The highest BCUT2D eigenvalue weighted by molar-refractivity contribution is 7.87. The molecule has 2 aliphatic carbocycles. The van der Waals surface area contributed by atoms with E-state index in [1.165, 1.54) is 0 Å². The van der Waals surface area contributed by atoms with Crippen molar-refractivity contribution in [3.8, 4) is 0 Å². The maximum Gasteiger partial charge on any atom is 0.431 e. The van der Waals surface area contributed by atoms with Crippen LogP contribution in [0.25, 0.3) is 0 Å². The maximum atomic E-state index is 13.5. The zero-order chi connectivity index (χ0) is 20.7. The number of halogens is 4. The number of hydrogen-bond donors (Lipinski definition) is 2. The Kier molecular flexibility index (Phi) is 6.19. The van der Waals surface area contributed by atoms with Crippen molar-refractivity contribution in [1.29, 1.82) is 0 Å². The molecule has 0 heterocycles. The van der Waals surface area contributed by atoms with E-state index in [1.54, 1.807) is 0 Å². The van der Waals surface area contributed by atoms with Gasteiger partial charge in [0.15, 0.2) is 0 Å². The van der Waals surface area contributed by atoms with Crippen LogP contribution in [0.3, 0.4) is 0 Å². The van der Waals surface area contributed by atoms with Gasteiger partial charge in [0.25, 0.3) is 0 Å². The highest BCUT2D eigenvalue weighted by Crippen LogP contribution is 2.52. The first-order chi connectivity index (χ1) is 12.2. The van der Waals surface area contributed by atoms with E-state index >= 15 is 0 Å². The molecule has 158 valence electrons. The Bertz CT molecular complexity index is 664. The lowest BCUT2D eigenvalue weighted by Gasteiger charge is -2.48. The minimum atomic E-state index is -6.32. The third-order valence-electron chi connectivity index (χ3n) is 5.67. The van der Waals surface area contributed by atoms with Crippen molar-refractivity contribution in [2.45, 2.75) is 69.2 Å². The first-order valence-electron chi connectivity index (χ1n) is 8.82. The molecule has 2 saturated carbocycles. The quantitative estimate of drug-likeness (QED) is 0.373. The molecule has 0 aromatic carbocycles. The van der Waals surface area contributed by atoms with E-state index in [1.807, 2.05) is 6.92 Å². The Morgan fingerprint density at radius 3 is 2.37 bits per heavy atom. The van der Waals surface area contributed by atoms with Crippen LogP contribution in [0.15, 0.2) is 0 Å². The van der Waals surface area contributed by atoms with Crippen LogP contribution in [0, 0.1) is 17.3 Å². The average Bonchev–Trinajstić information content (AvgIpc) is 2.52. The number of aliphatic hydroxyl groups excluding tert-OH is 1. The SMILES string of the molecule is CCC1CC2CC(O)CC(C(=O)OCCC(F)(F)C(F)(F)S(=O)(=O)O)(C1)C2. The molecule has 27 heavy (non-hydrogen) atoms. The minimum absolute atomic E-state index is 0.102. The van der Waals surface area contributed by atoms with E-state index < -0.39 is 51.8 Å². The fraction of sp³-hybridized carbons (Fsp3) is 0.938. The van der Waals surface area contributed by atoms with Gasteiger partial charge in [-0.2, -0.15) is 26.0 Å². The predicted molar refractivity (Wildman–Crippen MR) is 85.8 cm³/mol. The molecule has 2 fully saturated rings. The van der Waals surface area contributed by atoms with Gasteiger partial charge in [0, 0.05) is 0 Å². The van der Waals surface area contributed by atoms with Crippen LogP contribution in [-0.2, 0) is 19.6 Å². The second-order valence-corrected chi connectivity index (χ2v) is 9.20. The van der Waals surface area contributed by atoms with Gasteiger partial charge in [-0.3, -0.25) is 9.35 Å². The smallest absolute Gasteiger partial charge is 0.431 e. The van der Waals surface area contributed by atoms with Crippen LogP contribution in [0.2, 0.25) is 0 Å². The van der Waals surface area contributed by atoms with Gasteiger partial charge >= 0.3 is 27.3 Å². The fourth-order valence-electron chi connectivity index (χ4n) is 4.41. The number of aliphatic hydroxyl groups is 1. The maximum absolute atomic E-state index is 13.5. The Morgan fingerprint density at radius 2 is 1.81 bits per heavy atom. The van der Waals surface area contributed by atoms with E-state index in [9.17, 15) is 35.9 Å². The van der Waals surface area contributed by atoms with Crippen molar-refractivity contribution in [2.75, 3.05) is 6.61 Å². The number of alkyl halides is 4. The van der Waals surface area contributed by atoms with Gasteiger partial charge in [-0.1, -0.05) is 13.3 Å². The Balaban J connectivity index is 2.04. The molecule has 2 rings (SSSR count). The van der Waals surface area contributed by atoms with E-state index in [0.717, 1.165) is 12.8 Å². The molecule has 4 atom stereocenters. The topological polar surface area (TPSA) is 101 Å². The van der Waals surface area contributed by atoms with Gasteiger partial charge in [0.2, 0.25) is 0 Å². The number of hydrogen-bond acceptors (Lipinski definition) is 5. The molecule has 4 unspecified atom stereocenters. The van der Waals surface area contributed by atoms with Gasteiger partial charge in [0.05, 0.1) is 24.5 Å². The Morgan fingerprint density at radius 1 is 1.19 bits per heavy atom. The van der Waals surface area contributed by atoms with Crippen LogP contribution in [0.5, 0.6) is 0 Å². The molecular weight excluding hydrogens is 396 g/mol. The molecular formula is C16H24F4O6S. The summed E-state index contributed by atoms with van der Waals surface area (Å²) in [6, 6.07) is 0. The summed E-state index contributed by atoms with van der Waals surface area (Å²) in [7, 11) is -6.32. The van der Waals surface area contributed by atoms with Crippen LogP contribution in [0.4, 0.5) is 17.6 Å². The zero-order valence-corrected chi connectivity index (χ0v) is 15.7. The Hall–Kier alpha value is -0.940. The molecule has 2 N–H and O–H groups in total. The molecule has 2 aliphatic rings. The first kappa shape index (κ1) is 22.4. The second-order valence-electron chi connectivity index (χ2n) is 7.74. The number of carbonyl (C=O) groups excluding carboxylic acids is 1. The van der Waals surface area contributed by atoms with Crippen LogP contribution < -0.4 is 0 Å². The van der Waals surface area contributed by atoms with Crippen LogP contribution >= 0.6 is 0 Å². The van der Waals surface area contributed by atoms with Crippen molar-refractivity contribution >= 4 is 16.1 Å². The van der Waals surface area contributed by atoms with Crippen LogP contribution in [0.1, 0.15) is 51.9 Å². The van der Waals surface area contributed by atoms with Gasteiger partial charge in [-0.15, -0.1) is 0 Å². The lowest BCUT2D eigenvalue weighted by atomic mass is 9.58. The van der Waals surface area contributed by atoms with E-state index in [4.69, 9.17) is 9.29 Å². The highest BCUT2D eigenvalue weighted by atomic mass is 32.2. The van der Waals surface area contributed by atoms with E-state index in [-0.39, 0.29) is 18.3 Å². The standard InChI is InChI=1S/C16H24F4O6S/c1-2-10-5-11-6-12(21)9-14(7-10,8-11)13(22)26-4-3-15(17,18)16(19,20)27(23,24)25/h10-12,21H,2-9H2,1H3,(H,23,24,25). The average molecular weight is 420 g/mol. The van der Waals surface area contributed by atoms with Crippen molar-refractivity contribution < 1.29 is 45.2 Å². The summed E-state index contributed by atoms with van der Waals surface area (Å²) in [5.74, 6) is -5.62. The molecule has 0 aliphatic heterocycles. The largest absolute Gasteiger partial charge is 0.465 e. The molecule has 0 spiro atoms. The second kappa shape index (κ2) is 7.47. The predicted octanol–water partition coefficient (Wildman–Crippen LogP) is 3.00. The summed E-state index contributed by atoms with van der Waals surface area (Å²) in [5, 5.41) is 4.33. The summed E-state index contributed by atoms with van der Waals surface area (Å²) in [6.45, 7) is 0.829. The number of ether oxygens (including phenoxy) is 1. The third-order valence-corrected chi connectivity index (χ3v) is 6.61. The summed E-state index contributed by atoms with van der Waals surface area (Å²) >= 11 is 0. The van der Waals surface area contributed by atoms with E-state index in [2.05, 4.69) is 0 Å². The molecule has 0 amide bonds. The Labute approximate surface area is 155 Å². The van der Waals surface area contributed by atoms with Crippen LogP contribution in [-0.4, -0.2) is 47.9 Å². The molecule has 0 aromatic rings. The molecule has 0 aromatic heterocycles. The number of esters is 1. The summed E-state index contributed by atoms with van der Waals surface area (Å²) < 4.78 is 87.4. The monoisotopic (exact) mass is 420 g/mol. The van der Waals surface area contributed by atoms with E-state index in [0.29, 0.717) is 19.3 Å². The zero-order valence-electron chi connectivity index (χ0n) is 14.8. The minimum Gasteiger partial charge on any atom is -0.465 e. The lowest BCUT2D eigenvalue weighted by Crippen LogP contribution is -2.49. The molecule has 0 saturated heterocycles. The molecule has 2 bridgehead atoms. The normalized spacial score (nSPS) is 32.2. The van der Waals surface area contributed by atoms with Crippen molar-refractivity contribution in [3.05, 3.63) is 0 Å². The van der Waals surface area contributed by atoms with Crippen molar-refractivity contribution in [3.63, 3.8) is 0 Å². The molecule has 0 radical (unpaired) electrons. The molecule has 11 heteroatoms. The van der Waals surface area contributed by atoms with Crippen molar-refractivity contribution in [1.82, 2.24) is 0 Å². The summed E-state index contributed by atoms with van der Waals surface area (Å²) in [6.07, 6.45) is 0.705.